The van der Waals surface area contributed by atoms with E-state index in [0.717, 1.165) is 0 Å². The molecule has 0 spiro atoms. The number of hydrogen-bond donors (Lipinski definition) is 2. The minimum absolute atomic E-state index is 0.129. The third-order valence-electron chi connectivity index (χ3n) is 2.00. The average Bonchev–Trinajstić information content (AvgIpc) is 2.29. The quantitative estimate of drug-likeness (QED) is 0.777. The second kappa shape index (κ2) is 6.19. The van der Waals surface area contributed by atoms with E-state index in [1.165, 1.54) is 31.2 Å². The third-order valence-corrected chi connectivity index (χ3v) is 3.51. The van der Waals surface area contributed by atoms with E-state index in [9.17, 15) is 13.2 Å². The van der Waals surface area contributed by atoms with Crippen molar-refractivity contribution in [2.24, 2.45) is 0 Å². The van der Waals surface area contributed by atoms with Crippen LogP contribution in [0.4, 0.5) is 5.69 Å². The van der Waals surface area contributed by atoms with Crippen LogP contribution in [0.15, 0.2) is 29.2 Å². The maximum atomic E-state index is 11.8. The first-order valence-electron chi connectivity index (χ1n) is 5.12. The number of rotatable bonds is 3. The number of carbonyl (C=O) groups is 1. The Hall–Kier alpha value is -1.84. The molecule has 0 heterocycles. The average molecular weight is 267 g/mol. The summed E-state index contributed by atoms with van der Waals surface area (Å²) in [5.41, 5.74) is 0.530. The van der Waals surface area contributed by atoms with E-state index in [2.05, 4.69) is 17.2 Å². The zero-order valence-electron chi connectivity index (χ0n) is 9.80. The maximum Gasteiger partial charge on any atom is 0.221 e. The van der Waals surface area contributed by atoms with E-state index < -0.39 is 9.84 Å². The Morgan fingerprint density at radius 3 is 2.39 bits per heavy atom. The van der Waals surface area contributed by atoms with Crippen molar-refractivity contribution in [3.05, 3.63) is 24.3 Å². The first kappa shape index (κ1) is 14.2. The summed E-state index contributed by atoms with van der Waals surface area (Å²) < 4.78 is 23.5. The second-order valence-electron chi connectivity index (χ2n) is 3.48. The Kier molecular flexibility index (Phi) is 4.89. The lowest BCUT2D eigenvalue weighted by Crippen LogP contribution is -2.07. The first-order valence-corrected chi connectivity index (χ1v) is 6.78. The van der Waals surface area contributed by atoms with Crippen LogP contribution >= 0.6 is 0 Å². The summed E-state index contributed by atoms with van der Waals surface area (Å²) in [6.45, 7) is 1.01. The number of amides is 1. The molecule has 0 aliphatic carbocycles. The van der Waals surface area contributed by atoms with E-state index >= 15 is 0 Å². The Bertz CT molecular complexity index is 579. The topological polar surface area (TPSA) is 83.5 Å². The fourth-order valence-electron chi connectivity index (χ4n) is 1.23. The Morgan fingerprint density at radius 1 is 1.28 bits per heavy atom. The zero-order valence-corrected chi connectivity index (χ0v) is 10.6. The Balaban J connectivity index is 2.87. The van der Waals surface area contributed by atoms with Crippen LogP contribution in [0.25, 0.3) is 0 Å². The molecule has 96 valence electrons. The van der Waals surface area contributed by atoms with Crippen LogP contribution in [-0.4, -0.2) is 31.8 Å². The lowest BCUT2D eigenvalue weighted by molar-refractivity contribution is -0.114. The summed E-state index contributed by atoms with van der Waals surface area (Å²) in [5.74, 6) is 4.08. The molecule has 0 saturated heterocycles. The van der Waals surface area contributed by atoms with Crippen LogP contribution < -0.4 is 5.32 Å². The third kappa shape index (κ3) is 4.20. The number of benzene rings is 1. The molecule has 2 N–H and O–H groups in total. The van der Waals surface area contributed by atoms with Crippen molar-refractivity contribution in [2.45, 2.75) is 11.8 Å². The highest BCUT2D eigenvalue weighted by Crippen LogP contribution is 2.15. The van der Waals surface area contributed by atoms with Gasteiger partial charge in [-0.3, -0.25) is 4.79 Å². The standard InChI is InChI=1S/C12H13NO4S/c1-10(15)13-11-4-6-12(7-5-11)18(16,17)9-3-2-8-14/h4-7,14H,8-9H2,1H3,(H,13,15). The molecule has 0 radical (unpaired) electrons. The number of sulfone groups is 1. The molecule has 0 aliphatic rings. The molecule has 0 saturated carbocycles. The van der Waals surface area contributed by atoms with Gasteiger partial charge in [0.1, 0.15) is 12.4 Å². The van der Waals surface area contributed by atoms with Crippen molar-refractivity contribution in [3.8, 4) is 11.8 Å². The normalized spacial score (nSPS) is 10.3. The van der Waals surface area contributed by atoms with Crippen molar-refractivity contribution in [1.29, 1.82) is 0 Å². The Morgan fingerprint density at radius 2 is 1.89 bits per heavy atom. The van der Waals surface area contributed by atoms with Crippen molar-refractivity contribution in [1.82, 2.24) is 0 Å². The molecular formula is C12H13NO4S. The molecular weight excluding hydrogens is 254 g/mol. The number of anilines is 1. The van der Waals surface area contributed by atoms with Crippen LogP contribution in [0.5, 0.6) is 0 Å². The van der Waals surface area contributed by atoms with Gasteiger partial charge in [0.2, 0.25) is 5.91 Å². The predicted molar refractivity (Wildman–Crippen MR) is 67.7 cm³/mol. The monoisotopic (exact) mass is 267 g/mol. The molecule has 0 fully saturated rings. The van der Waals surface area contributed by atoms with E-state index in [1.54, 1.807) is 0 Å². The number of aliphatic hydroxyl groups is 1. The van der Waals surface area contributed by atoms with Crippen LogP contribution in [0.2, 0.25) is 0 Å². The highest BCUT2D eigenvalue weighted by atomic mass is 32.2. The minimum atomic E-state index is -3.48. The molecule has 1 amide bonds. The van der Waals surface area contributed by atoms with Crippen LogP contribution in [-0.2, 0) is 14.6 Å². The van der Waals surface area contributed by atoms with Gasteiger partial charge in [0.25, 0.3) is 0 Å². The summed E-state index contributed by atoms with van der Waals surface area (Å²) in [5, 5.41) is 11.0. The molecule has 0 aromatic heterocycles. The van der Waals surface area contributed by atoms with E-state index in [1.807, 2.05) is 0 Å². The fourth-order valence-corrected chi connectivity index (χ4v) is 2.24. The summed E-state index contributed by atoms with van der Waals surface area (Å²) in [7, 11) is -3.48. The number of aliphatic hydroxyl groups excluding tert-OH is 1. The summed E-state index contributed by atoms with van der Waals surface area (Å²) >= 11 is 0. The number of hydrogen-bond acceptors (Lipinski definition) is 4. The summed E-state index contributed by atoms with van der Waals surface area (Å²) in [6, 6.07) is 5.82. The highest BCUT2D eigenvalue weighted by molar-refractivity contribution is 7.91. The Labute approximate surface area is 106 Å². The molecule has 6 heteroatoms. The highest BCUT2D eigenvalue weighted by Gasteiger charge is 2.12. The molecule has 1 aromatic rings. The van der Waals surface area contributed by atoms with E-state index in [0.29, 0.717) is 5.69 Å². The van der Waals surface area contributed by atoms with Crippen molar-refractivity contribution in [3.63, 3.8) is 0 Å². The first-order chi connectivity index (χ1) is 8.45. The predicted octanol–water partition coefficient (Wildman–Crippen LogP) is 0.414. The van der Waals surface area contributed by atoms with Gasteiger partial charge < -0.3 is 10.4 Å². The molecule has 1 aromatic carbocycles. The maximum absolute atomic E-state index is 11.8. The van der Waals surface area contributed by atoms with Crippen LogP contribution in [0.3, 0.4) is 0 Å². The number of nitrogens with one attached hydrogen (secondary N) is 1. The minimum Gasteiger partial charge on any atom is -0.384 e. The SMILES string of the molecule is CC(=O)Nc1ccc(S(=O)(=O)CC#CCO)cc1. The molecule has 1 rings (SSSR count). The van der Waals surface area contributed by atoms with Gasteiger partial charge in [0, 0.05) is 12.6 Å². The van der Waals surface area contributed by atoms with Gasteiger partial charge in [-0.25, -0.2) is 8.42 Å². The van der Waals surface area contributed by atoms with Crippen LogP contribution in [0, 0.1) is 11.8 Å². The fraction of sp³-hybridized carbons (Fsp3) is 0.250. The van der Waals surface area contributed by atoms with Gasteiger partial charge >= 0.3 is 0 Å². The van der Waals surface area contributed by atoms with Gasteiger partial charge in [0.15, 0.2) is 9.84 Å². The van der Waals surface area contributed by atoms with Gasteiger partial charge in [0.05, 0.1) is 4.90 Å². The largest absolute Gasteiger partial charge is 0.384 e. The molecule has 0 atom stereocenters. The van der Waals surface area contributed by atoms with Gasteiger partial charge in [-0.1, -0.05) is 11.8 Å². The molecule has 0 unspecified atom stereocenters. The van der Waals surface area contributed by atoms with Crippen LogP contribution in [0.1, 0.15) is 6.92 Å². The summed E-state index contributed by atoms with van der Waals surface area (Å²) in [6.07, 6.45) is 0. The zero-order chi connectivity index (χ0) is 13.6. The molecule has 5 nitrogen and oxygen atoms in total. The summed E-state index contributed by atoms with van der Waals surface area (Å²) in [4.78, 5) is 10.9. The van der Waals surface area contributed by atoms with E-state index in [4.69, 9.17) is 5.11 Å². The smallest absolute Gasteiger partial charge is 0.221 e. The second-order valence-corrected chi connectivity index (χ2v) is 5.47. The number of carbonyl (C=O) groups excluding carboxylic acids is 1. The van der Waals surface area contributed by atoms with Gasteiger partial charge in [-0.05, 0) is 24.3 Å². The molecule has 18 heavy (non-hydrogen) atoms. The van der Waals surface area contributed by atoms with E-state index in [-0.39, 0.29) is 23.2 Å². The van der Waals surface area contributed by atoms with Crippen molar-refractivity contribution in [2.75, 3.05) is 17.7 Å². The van der Waals surface area contributed by atoms with Crippen molar-refractivity contribution < 1.29 is 18.3 Å². The molecule has 0 aliphatic heterocycles. The van der Waals surface area contributed by atoms with Gasteiger partial charge in [-0.15, -0.1) is 0 Å². The lowest BCUT2D eigenvalue weighted by atomic mass is 10.3. The van der Waals surface area contributed by atoms with Crippen molar-refractivity contribution >= 4 is 21.4 Å². The lowest BCUT2D eigenvalue weighted by Gasteiger charge is -2.04. The molecule has 0 bridgehead atoms. The van der Waals surface area contributed by atoms with Gasteiger partial charge in [-0.2, -0.15) is 0 Å².